The summed E-state index contributed by atoms with van der Waals surface area (Å²) in [6.07, 6.45) is 0. The summed E-state index contributed by atoms with van der Waals surface area (Å²) in [6, 6.07) is 41.8. The Labute approximate surface area is 313 Å². The second kappa shape index (κ2) is 11.5. The Morgan fingerprint density at radius 1 is 0.442 bits per heavy atom. The quantitative estimate of drug-likeness (QED) is 0.180. The van der Waals surface area contributed by atoms with Crippen LogP contribution in [0.15, 0.2) is 185 Å². The highest BCUT2D eigenvalue weighted by atomic mass is 32.1. The predicted molar refractivity (Wildman–Crippen MR) is 219 cm³/mol. The van der Waals surface area contributed by atoms with Gasteiger partial charge in [0, 0.05) is 64.2 Å². The number of anilines is 3. The lowest BCUT2D eigenvalue weighted by atomic mass is 10.0. The lowest BCUT2D eigenvalue weighted by Crippen LogP contribution is -2.10. The molecule has 8 aromatic carbocycles. The molecule has 0 bridgehead atoms. The molecule has 0 amide bonds. The van der Waals surface area contributed by atoms with Crippen LogP contribution in [-0.4, -0.2) is 0 Å². The smallest absolute Gasteiger partial charge is 0.143 e. The molecule has 0 spiro atoms. The fourth-order valence-electron chi connectivity index (χ4n) is 7.45. The first kappa shape index (κ1) is 23.0. The zero-order valence-corrected chi connectivity index (χ0v) is 28.2. The summed E-state index contributed by atoms with van der Waals surface area (Å²) in [5, 5.41) is 4.63. The van der Waals surface area contributed by atoms with E-state index < -0.39 is 6.04 Å². The maximum atomic E-state index is 9.46. The second-order valence-electron chi connectivity index (χ2n) is 12.7. The van der Waals surface area contributed by atoms with E-state index in [0.29, 0.717) is 21.5 Å². The Balaban J connectivity index is 1.14. The maximum Gasteiger partial charge on any atom is 0.143 e. The molecular weight excluding hydrogens is 655 g/mol. The average molecular weight is 691 g/mol. The van der Waals surface area contributed by atoms with Gasteiger partial charge in [0.15, 0.2) is 0 Å². The molecule has 52 heavy (non-hydrogen) atoms. The van der Waals surface area contributed by atoms with Crippen molar-refractivity contribution in [3.63, 3.8) is 0 Å². The molecule has 3 nitrogen and oxygen atoms in total. The first-order chi connectivity index (χ1) is 28.7. The summed E-state index contributed by atoms with van der Waals surface area (Å²) in [4.78, 5) is 1.85. The van der Waals surface area contributed by atoms with E-state index in [1.165, 1.54) is 0 Å². The number of benzene rings is 8. The van der Waals surface area contributed by atoms with Crippen LogP contribution in [0.1, 0.15) is 9.60 Å². The van der Waals surface area contributed by atoms with Gasteiger partial charge in [0.2, 0.25) is 0 Å². The molecule has 0 atom stereocenters. The van der Waals surface area contributed by atoms with Gasteiger partial charge in [0.25, 0.3) is 0 Å². The number of para-hydroxylation sites is 4. The number of hydrogen-bond donors (Lipinski definition) is 0. The molecule has 0 fully saturated rings. The maximum absolute atomic E-state index is 9.46. The normalized spacial score (nSPS) is 13.7. The number of hydrogen-bond acceptors (Lipinski definition) is 4. The highest BCUT2D eigenvalue weighted by Crippen LogP contribution is 2.46. The first-order valence-corrected chi connectivity index (χ1v) is 17.7. The summed E-state index contributed by atoms with van der Waals surface area (Å²) >= 11 is 1.05. The zero-order chi connectivity index (χ0) is 40.3. The predicted octanol–water partition coefficient (Wildman–Crippen LogP) is 14.7. The van der Waals surface area contributed by atoms with Crippen LogP contribution in [0.2, 0.25) is 0 Å². The van der Waals surface area contributed by atoms with Crippen molar-refractivity contribution in [1.82, 2.24) is 0 Å². The highest BCUT2D eigenvalue weighted by Gasteiger charge is 2.20. The van der Waals surface area contributed by atoms with Gasteiger partial charge < -0.3 is 13.7 Å². The molecule has 11 rings (SSSR count). The molecule has 0 aliphatic carbocycles. The van der Waals surface area contributed by atoms with Gasteiger partial charge in [-0.25, -0.2) is 0 Å². The van der Waals surface area contributed by atoms with E-state index in [1.54, 1.807) is 0 Å². The second-order valence-corrected chi connectivity index (χ2v) is 13.7. The standard InChI is InChI=1S/C48H29NO2S/c1-4-18-42-36(10-1)38-15-7-13-34(47(38)50-42)30-22-26-32(27-23-30)49(41-17-9-21-45-46(41)40-12-3-6-20-44(40)52-45)33-28-24-31(25-29-33)35-14-8-16-39-37-11-2-5-19-43(37)51-48(35)39/h1-29H/i3D,6D,9D,12D,17D,20D,21D. The van der Waals surface area contributed by atoms with Gasteiger partial charge >= 0.3 is 0 Å². The van der Waals surface area contributed by atoms with Crippen molar-refractivity contribution in [3.05, 3.63) is 176 Å². The fourth-order valence-corrected chi connectivity index (χ4v) is 8.41. The number of furan rings is 2. The molecule has 3 heterocycles. The van der Waals surface area contributed by atoms with Crippen molar-refractivity contribution in [2.24, 2.45) is 0 Å². The first-order valence-electron chi connectivity index (χ1n) is 20.4. The lowest BCUT2D eigenvalue weighted by Gasteiger charge is -2.27. The summed E-state index contributed by atoms with van der Waals surface area (Å²) in [5.74, 6) is 0. The number of thiophene rings is 1. The molecular formula is C48H29NO2S. The van der Waals surface area contributed by atoms with Crippen LogP contribution in [0.5, 0.6) is 0 Å². The van der Waals surface area contributed by atoms with Crippen molar-refractivity contribution in [2.45, 2.75) is 0 Å². The Hall–Kier alpha value is -6.62. The van der Waals surface area contributed by atoms with E-state index in [9.17, 15) is 1.37 Å². The van der Waals surface area contributed by atoms with E-state index in [2.05, 4.69) is 12.1 Å². The Morgan fingerprint density at radius 2 is 0.962 bits per heavy atom. The van der Waals surface area contributed by atoms with Gasteiger partial charge in [-0.05, 0) is 65.7 Å². The van der Waals surface area contributed by atoms with E-state index in [1.807, 2.05) is 126 Å². The molecule has 4 heteroatoms. The molecule has 0 aliphatic rings. The number of nitrogens with zero attached hydrogens (tertiary/aromatic N) is 1. The summed E-state index contributed by atoms with van der Waals surface area (Å²) in [7, 11) is 0. The van der Waals surface area contributed by atoms with Crippen LogP contribution >= 0.6 is 11.3 Å². The van der Waals surface area contributed by atoms with Gasteiger partial charge in [-0.2, -0.15) is 0 Å². The van der Waals surface area contributed by atoms with Gasteiger partial charge in [-0.15, -0.1) is 11.3 Å². The SMILES string of the molecule is [2H]c1c([2H])c([2H])c2c(sc3c([2H])c([2H])c([2H])c(N(c4ccc(-c5cccc6c5oc5ccccc56)cc4)c4ccc(-c5cccc6c5oc5ccccc56)cc4)c32)c1[2H]. The average Bonchev–Trinajstić information content (AvgIpc) is 3.98. The third-order valence-corrected chi connectivity index (χ3v) is 10.9. The fraction of sp³-hybridized carbons (Fsp3) is 0. The van der Waals surface area contributed by atoms with Crippen LogP contribution in [0.4, 0.5) is 17.1 Å². The molecule has 0 radical (unpaired) electrons. The topological polar surface area (TPSA) is 29.5 Å². The van der Waals surface area contributed by atoms with E-state index in [-0.39, 0.29) is 52.0 Å². The third-order valence-electron chi connectivity index (χ3n) is 9.83. The molecule has 0 N–H and O–H groups in total. The minimum atomic E-state index is -0.402. The monoisotopic (exact) mass is 690 g/mol. The largest absolute Gasteiger partial charge is 0.455 e. The Morgan fingerprint density at radius 3 is 1.56 bits per heavy atom. The van der Waals surface area contributed by atoms with Crippen molar-refractivity contribution in [3.8, 4) is 22.3 Å². The Kier molecular flexibility index (Phi) is 5.06. The Bertz CT molecular complexity index is 3380. The van der Waals surface area contributed by atoms with Crippen LogP contribution in [-0.2, 0) is 0 Å². The number of fused-ring (bicyclic) bond motifs is 9. The minimum absolute atomic E-state index is 0.199. The van der Waals surface area contributed by atoms with Crippen molar-refractivity contribution in [2.75, 3.05) is 4.90 Å². The molecule has 11 aromatic rings. The highest BCUT2D eigenvalue weighted by molar-refractivity contribution is 7.26. The van der Waals surface area contributed by atoms with Crippen LogP contribution in [0, 0.1) is 0 Å². The lowest BCUT2D eigenvalue weighted by molar-refractivity contribution is 0.669. The van der Waals surface area contributed by atoms with E-state index in [4.69, 9.17) is 17.1 Å². The van der Waals surface area contributed by atoms with Crippen molar-refractivity contribution in [1.29, 1.82) is 0 Å². The van der Waals surface area contributed by atoms with Crippen LogP contribution in [0.3, 0.4) is 0 Å². The minimum Gasteiger partial charge on any atom is -0.455 e. The van der Waals surface area contributed by atoms with Crippen molar-refractivity contribution >= 4 is 92.4 Å². The summed E-state index contributed by atoms with van der Waals surface area (Å²) in [6.45, 7) is 0. The molecule has 0 unspecified atom stereocenters. The van der Waals surface area contributed by atoms with Gasteiger partial charge in [0.05, 0.1) is 15.3 Å². The van der Waals surface area contributed by atoms with E-state index >= 15 is 0 Å². The number of rotatable bonds is 5. The molecule has 0 saturated heterocycles. The van der Waals surface area contributed by atoms with Gasteiger partial charge in [-0.1, -0.05) is 121 Å². The third kappa shape index (κ3) is 4.45. The van der Waals surface area contributed by atoms with Crippen LogP contribution < -0.4 is 4.90 Å². The van der Waals surface area contributed by atoms with Gasteiger partial charge in [-0.3, -0.25) is 0 Å². The van der Waals surface area contributed by atoms with Crippen LogP contribution in [0.25, 0.3) is 86.3 Å². The summed E-state index contributed by atoms with van der Waals surface area (Å²) < 4.78 is 75.5. The van der Waals surface area contributed by atoms with Crippen molar-refractivity contribution < 1.29 is 18.4 Å². The van der Waals surface area contributed by atoms with E-state index in [0.717, 1.165) is 77.5 Å². The molecule has 0 aliphatic heterocycles. The van der Waals surface area contributed by atoms with Gasteiger partial charge in [0.1, 0.15) is 22.3 Å². The molecule has 3 aromatic heterocycles. The molecule has 244 valence electrons. The summed E-state index contributed by atoms with van der Waals surface area (Å²) in [5.41, 5.74) is 8.31. The molecule has 0 saturated carbocycles. The zero-order valence-electron chi connectivity index (χ0n) is 34.4.